The largest absolute Gasteiger partial charge is 0.508 e. The number of amides is 3. The van der Waals surface area contributed by atoms with Gasteiger partial charge in [0.1, 0.15) is 23.4 Å². The number of phenols is 1. The lowest BCUT2D eigenvalue weighted by atomic mass is 10.0. The van der Waals surface area contributed by atoms with Crippen LogP contribution in [0, 0.1) is 0 Å². The van der Waals surface area contributed by atoms with Crippen LogP contribution in [0.15, 0.2) is 24.3 Å². The molecule has 1 rings (SSSR count). The van der Waals surface area contributed by atoms with E-state index in [2.05, 4.69) is 10.6 Å². The molecule has 5 N–H and O–H groups in total. The molecular formula is C23H37N3O7. The first-order chi connectivity index (χ1) is 15.5. The third-order valence-electron chi connectivity index (χ3n) is 4.64. The monoisotopic (exact) mass is 467 g/mol. The summed E-state index contributed by atoms with van der Waals surface area (Å²) in [4.78, 5) is 39.6. The minimum Gasteiger partial charge on any atom is -0.508 e. The molecule has 0 heterocycles. The number of nitrogens with one attached hydrogen (secondary N) is 2. The van der Waals surface area contributed by atoms with E-state index in [1.54, 1.807) is 20.8 Å². The van der Waals surface area contributed by atoms with Crippen molar-refractivity contribution in [2.45, 2.75) is 64.6 Å². The van der Waals surface area contributed by atoms with Crippen LogP contribution in [0.5, 0.6) is 5.75 Å². The molecule has 2 atom stereocenters. The second kappa shape index (κ2) is 13.6. The predicted octanol–water partition coefficient (Wildman–Crippen LogP) is 1.45. The van der Waals surface area contributed by atoms with Crippen LogP contribution in [0.4, 0.5) is 4.79 Å². The molecule has 3 amide bonds. The Morgan fingerprint density at radius 1 is 1.09 bits per heavy atom. The number of aliphatic hydroxyl groups excluding tert-OH is 2. The van der Waals surface area contributed by atoms with Crippen LogP contribution in [0.3, 0.4) is 0 Å². The fourth-order valence-corrected chi connectivity index (χ4v) is 3.12. The number of nitrogens with zero attached hydrogens (tertiary/aromatic N) is 1. The molecule has 0 saturated heterocycles. The van der Waals surface area contributed by atoms with Crippen LogP contribution in [0.2, 0.25) is 0 Å². The number of alkyl carbamates (subject to hydrolysis) is 1. The quantitative estimate of drug-likeness (QED) is 0.292. The molecule has 0 aliphatic heterocycles. The lowest BCUT2D eigenvalue weighted by molar-refractivity contribution is -0.143. The molecule has 0 radical (unpaired) electrons. The Hall–Kier alpha value is -2.85. The van der Waals surface area contributed by atoms with E-state index in [0.29, 0.717) is 12.1 Å². The number of ether oxygens (including phenoxy) is 1. The first kappa shape index (κ1) is 28.2. The minimum absolute atomic E-state index is 0.0132. The standard InChI is InChI=1S/C23H37N3O7/c1-5-6-7-12-24-20(30)19(16-8-10-17(29)11-9-16)26(13-14-27)21(31)18(15-28)25-22(32)33-23(2,3)4/h8-11,18-19,27-29H,5-7,12-15H2,1-4H3,(H,24,30)(H,25,32). The van der Waals surface area contributed by atoms with Crippen LogP contribution >= 0.6 is 0 Å². The molecule has 186 valence electrons. The van der Waals surface area contributed by atoms with E-state index in [-0.39, 0.29) is 12.3 Å². The fraction of sp³-hybridized carbons (Fsp3) is 0.609. The zero-order valence-corrected chi connectivity index (χ0v) is 19.8. The Balaban J connectivity index is 3.21. The number of benzene rings is 1. The molecular weight excluding hydrogens is 430 g/mol. The van der Waals surface area contributed by atoms with Gasteiger partial charge in [0.15, 0.2) is 0 Å². The van der Waals surface area contributed by atoms with E-state index >= 15 is 0 Å². The number of hydrogen-bond donors (Lipinski definition) is 5. The molecule has 2 unspecified atom stereocenters. The predicted molar refractivity (Wildman–Crippen MR) is 122 cm³/mol. The Morgan fingerprint density at radius 3 is 2.24 bits per heavy atom. The van der Waals surface area contributed by atoms with Gasteiger partial charge in [-0.3, -0.25) is 9.59 Å². The van der Waals surface area contributed by atoms with Gasteiger partial charge in [-0.25, -0.2) is 4.79 Å². The van der Waals surface area contributed by atoms with Gasteiger partial charge >= 0.3 is 6.09 Å². The van der Waals surface area contributed by atoms with Crippen molar-refractivity contribution < 1.29 is 34.4 Å². The Morgan fingerprint density at radius 2 is 1.73 bits per heavy atom. The molecule has 0 bridgehead atoms. The second-order valence-corrected chi connectivity index (χ2v) is 8.63. The van der Waals surface area contributed by atoms with Gasteiger partial charge in [0, 0.05) is 13.1 Å². The highest BCUT2D eigenvalue weighted by Crippen LogP contribution is 2.24. The van der Waals surface area contributed by atoms with E-state index in [0.717, 1.165) is 24.2 Å². The van der Waals surface area contributed by atoms with Crippen molar-refractivity contribution in [2.24, 2.45) is 0 Å². The number of aliphatic hydroxyl groups is 2. The lowest BCUT2D eigenvalue weighted by Gasteiger charge is -2.33. The first-order valence-corrected chi connectivity index (χ1v) is 11.1. The Kier molecular flexibility index (Phi) is 11.7. The maximum Gasteiger partial charge on any atom is 0.408 e. The second-order valence-electron chi connectivity index (χ2n) is 8.63. The Bertz CT molecular complexity index is 762. The molecule has 1 aromatic rings. The number of hydrogen-bond acceptors (Lipinski definition) is 7. The molecule has 0 fully saturated rings. The molecule has 0 spiro atoms. The van der Waals surface area contributed by atoms with Gasteiger partial charge in [0.25, 0.3) is 0 Å². The summed E-state index contributed by atoms with van der Waals surface area (Å²) in [5.41, 5.74) is -0.415. The molecule has 10 nitrogen and oxygen atoms in total. The van der Waals surface area contributed by atoms with Crippen molar-refractivity contribution in [2.75, 3.05) is 26.3 Å². The van der Waals surface area contributed by atoms with Crippen molar-refractivity contribution in [1.29, 1.82) is 0 Å². The fourth-order valence-electron chi connectivity index (χ4n) is 3.12. The van der Waals surface area contributed by atoms with Crippen molar-refractivity contribution >= 4 is 17.9 Å². The van der Waals surface area contributed by atoms with Crippen LogP contribution in [-0.4, -0.2) is 76.1 Å². The van der Waals surface area contributed by atoms with Crippen LogP contribution < -0.4 is 10.6 Å². The third kappa shape index (κ3) is 9.67. The van der Waals surface area contributed by atoms with Crippen molar-refractivity contribution in [3.63, 3.8) is 0 Å². The molecule has 1 aromatic carbocycles. The minimum atomic E-state index is -1.39. The summed E-state index contributed by atoms with van der Waals surface area (Å²) in [5, 5.41) is 34.1. The summed E-state index contributed by atoms with van der Waals surface area (Å²) in [6.45, 7) is 6.00. The number of carbonyl (C=O) groups is 3. The number of unbranched alkanes of at least 4 members (excludes halogenated alkanes) is 2. The van der Waals surface area contributed by atoms with Crippen molar-refractivity contribution in [3.8, 4) is 5.75 Å². The van der Waals surface area contributed by atoms with Gasteiger partial charge in [-0.2, -0.15) is 0 Å². The maximum absolute atomic E-state index is 13.3. The van der Waals surface area contributed by atoms with E-state index in [4.69, 9.17) is 4.74 Å². The maximum atomic E-state index is 13.3. The number of rotatable bonds is 12. The summed E-state index contributed by atoms with van der Waals surface area (Å²) < 4.78 is 5.15. The Labute approximate surface area is 194 Å². The van der Waals surface area contributed by atoms with E-state index in [9.17, 15) is 29.7 Å². The molecule has 0 aromatic heterocycles. The topological polar surface area (TPSA) is 148 Å². The van der Waals surface area contributed by atoms with E-state index in [1.165, 1.54) is 24.3 Å². The molecule has 10 heteroatoms. The smallest absolute Gasteiger partial charge is 0.408 e. The summed E-state index contributed by atoms with van der Waals surface area (Å²) in [5.74, 6) is -1.26. The van der Waals surface area contributed by atoms with Crippen LogP contribution in [-0.2, 0) is 14.3 Å². The molecule has 0 aliphatic carbocycles. The number of phenolic OH excluding ortho intramolecular Hbond substituents is 1. The zero-order valence-electron chi connectivity index (χ0n) is 19.8. The van der Waals surface area contributed by atoms with E-state index < -0.39 is 48.8 Å². The molecule has 33 heavy (non-hydrogen) atoms. The van der Waals surface area contributed by atoms with Gasteiger partial charge < -0.3 is 35.6 Å². The van der Waals surface area contributed by atoms with Crippen LogP contribution in [0.25, 0.3) is 0 Å². The average molecular weight is 468 g/mol. The normalized spacial score (nSPS) is 13.0. The highest BCUT2D eigenvalue weighted by molar-refractivity contribution is 5.92. The van der Waals surface area contributed by atoms with Crippen molar-refractivity contribution in [3.05, 3.63) is 29.8 Å². The first-order valence-electron chi connectivity index (χ1n) is 11.1. The summed E-state index contributed by atoms with van der Waals surface area (Å²) in [6.07, 6.45) is 1.76. The van der Waals surface area contributed by atoms with Gasteiger partial charge in [0.05, 0.1) is 13.2 Å². The van der Waals surface area contributed by atoms with Gasteiger partial charge in [-0.15, -0.1) is 0 Å². The summed E-state index contributed by atoms with van der Waals surface area (Å²) in [7, 11) is 0. The molecule has 0 saturated carbocycles. The van der Waals surface area contributed by atoms with Gasteiger partial charge in [-0.1, -0.05) is 31.9 Å². The van der Waals surface area contributed by atoms with Gasteiger partial charge in [-0.05, 0) is 44.9 Å². The highest BCUT2D eigenvalue weighted by atomic mass is 16.6. The highest BCUT2D eigenvalue weighted by Gasteiger charge is 2.35. The summed E-state index contributed by atoms with van der Waals surface area (Å²) in [6, 6.07) is 3.23. The zero-order chi connectivity index (χ0) is 25.0. The SMILES string of the molecule is CCCCCNC(=O)C(c1ccc(O)cc1)N(CCO)C(=O)C(CO)NC(=O)OC(C)(C)C. The molecule has 0 aliphatic rings. The third-order valence-corrected chi connectivity index (χ3v) is 4.64. The number of aromatic hydroxyl groups is 1. The van der Waals surface area contributed by atoms with Crippen molar-refractivity contribution in [1.82, 2.24) is 15.5 Å². The van der Waals surface area contributed by atoms with Gasteiger partial charge in [0.2, 0.25) is 11.8 Å². The van der Waals surface area contributed by atoms with E-state index in [1.807, 2.05) is 6.92 Å². The number of carbonyl (C=O) groups excluding carboxylic acids is 3. The van der Waals surface area contributed by atoms with Crippen LogP contribution in [0.1, 0.15) is 58.6 Å². The average Bonchev–Trinajstić information content (AvgIpc) is 2.74. The summed E-state index contributed by atoms with van der Waals surface area (Å²) >= 11 is 0. The lowest BCUT2D eigenvalue weighted by Crippen LogP contribution is -2.55.